The lowest BCUT2D eigenvalue weighted by atomic mass is 10.1. The van der Waals surface area contributed by atoms with Crippen LogP contribution in [0.2, 0.25) is 0 Å². The first-order valence-corrected chi connectivity index (χ1v) is 5.24. The van der Waals surface area contributed by atoms with Gasteiger partial charge in [-0.15, -0.1) is 0 Å². The van der Waals surface area contributed by atoms with E-state index < -0.39 is 0 Å². The minimum absolute atomic E-state index is 0.208. The maximum Gasteiger partial charge on any atom is 0.126 e. The van der Waals surface area contributed by atoms with Gasteiger partial charge in [0.15, 0.2) is 0 Å². The van der Waals surface area contributed by atoms with Gasteiger partial charge in [0.05, 0.1) is 6.10 Å². The van der Waals surface area contributed by atoms with E-state index in [1.54, 1.807) is 0 Å². The molecule has 0 N–H and O–H groups in total. The summed E-state index contributed by atoms with van der Waals surface area (Å²) in [5.74, 6) is 0.537. The summed E-state index contributed by atoms with van der Waals surface area (Å²) in [6.45, 7) is 2.12. The summed E-state index contributed by atoms with van der Waals surface area (Å²) >= 11 is 0. The topological polar surface area (TPSA) is 9.23 Å². The van der Waals surface area contributed by atoms with Crippen molar-refractivity contribution in [2.45, 2.75) is 38.7 Å². The number of rotatable bonds is 4. The SMILES string of the molecule is CCCc1ccc(F)cc1OC1CC1. The van der Waals surface area contributed by atoms with E-state index in [0.717, 1.165) is 37.0 Å². The van der Waals surface area contributed by atoms with Gasteiger partial charge in [-0.25, -0.2) is 4.39 Å². The molecule has 2 rings (SSSR count). The zero-order valence-electron chi connectivity index (χ0n) is 8.42. The second kappa shape index (κ2) is 3.99. The molecule has 2 heteroatoms. The van der Waals surface area contributed by atoms with Crippen LogP contribution in [0, 0.1) is 5.82 Å². The molecule has 76 valence electrons. The smallest absolute Gasteiger partial charge is 0.126 e. The second-order valence-electron chi connectivity index (χ2n) is 3.82. The highest BCUT2D eigenvalue weighted by molar-refractivity contribution is 5.34. The van der Waals surface area contributed by atoms with Crippen LogP contribution in [-0.4, -0.2) is 6.10 Å². The molecule has 1 aromatic carbocycles. The molecule has 0 bridgehead atoms. The summed E-state index contributed by atoms with van der Waals surface area (Å²) < 4.78 is 18.6. The van der Waals surface area contributed by atoms with Crippen molar-refractivity contribution in [3.05, 3.63) is 29.6 Å². The molecule has 0 radical (unpaired) electrons. The summed E-state index contributed by atoms with van der Waals surface area (Å²) in [6, 6.07) is 4.84. The average molecular weight is 194 g/mol. The normalized spacial score (nSPS) is 15.6. The molecule has 1 nitrogen and oxygen atoms in total. The fourth-order valence-corrected chi connectivity index (χ4v) is 1.48. The molecule has 0 unspecified atom stereocenters. The van der Waals surface area contributed by atoms with Gasteiger partial charge in [0, 0.05) is 6.07 Å². The Hall–Kier alpha value is -1.05. The molecular weight excluding hydrogens is 179 g/mol. The third-order valence-corrected chi connectivity index (χ3v) is 2.37. The highest BCUT2D eigenvalue weighted by atomic mass is 19.1. The van der Waals surface area contributed by atoms with Crippen LogP contribution in [0.15, 0.2) is 18.2 Å². The Morgan fingerprint density at radius 3 is 2.86 bits per heavy atom. The van der Waals surface area contributed by atoms with Gasteiger partial charge < -0.3 is 4.74 Å². The zero-order chi connectivity index (χ0) is 9.97. The van der Waals surface area contributed by atoms with Gasteiger partial charge >= 0.3 is 0 Å². The predicted octanol–water partition coefficient (Wildman–Crippen LogP) is 3.32. The highest BCUT2D eigenvalue weighted by Gasteiger charge is 2.24. The van der Waals surface area contributed by atoms with Crippen LogP contribution < -0.4 is 4.74 Å². The molecule has 0 aromatic heterocycles. The standard InChI is InChI=1S/C12H15FO/c1-2-3-9-4-5-10(13)8-12(9)14-11-6-7-11/h4-5,8,11H,2-3,6-7H2,1H3. The molecule has 0 aliphatic heterocycles. The van der Waals surface area contributed by atoms with Crippen LogP contribution in [0.3, 0.4) is 0 Å². The average Bonchev–Trinajstić information content (AvgIpc) is 2.94. The minimum atomic E-state index is -0.208. The quantitative estimate of drug-likeness (QED) is 0.714. The number of halogens is 1. The van der Waals surface area contributed by atoms with Gasteiger partial charge in [-0.3, -0.25) is 0 Å². The lowest BCUT2D eigenvalue weighted by Gasteiger charge is -2.09. The van der Waals surface area contributed by atoms with E-state index in [0.29, 0.717) is 6.10 Å². The van der Waals surface area contributed by atoms with Crippen molar-refractivity contribution < 1.29 is 9.13 Å². The minimum Gasteiger partial charge on any atom is -0.490 e. The number of ether oxygens (including phenoxy) is 1. The highest BCUT2D eigenvalue weighted by Crippen LogP contribution is 2.30. The summed E-state index contributed by atoms with van der Waals surface area (Å²) in [7, 11) is 0. The van der Waals surface area contributed by atoms with Gasteiger partial charge in [0.2, 0.25) is 0 Å². The van der Waals surface area contributed by atoms with E-state index in [9.17, 15) is 4.39 Å². The van der Waals surface area contributed by atoms with Crippen molar-refractivity contribution in [1.29, 1.82) is 0 Å². The van der Waals surface area contributed by atoms with Crippen molar-refractivity contribution in [3.63, 3.8) is 0 Å². The number of hydrogen-bond acceptors (Lipinski definition) is 1. The van der Waals surface area contributed by atoms with Gasteiger partial charge in [-0.2, -0.15) is 0 Å². The summed E-state index contributed by atoms with van der Waals surface area (Å²) in [5, 5.41) is 0. The molecule has 1 fully saturated rings. The first-order chi connectivity index (χ1) is 6.79. The molecule has 1 aliphatic carbocycles. The van der Waals surface area contributed by atoms with E-state index in [2.05, 4.69) is 6.92 Å². The Balaban J connectivity index is 2.17. The van der Waals surface area contributed by atoms with Gasteiger partial charge in [0.1, 0.15) is 11.6 Å². The van der Waals surface area contributed by atoms with Crippen LogP contribution in [0.5, 0.6) is 5.75 Å². The van der Waals surface area contributed by atoms with Crippen LogP contribution in [0.25, 0.3) is 0 Å². The molecule has 1 aliphatic rings. The molecule has 1 saturated carbocycles. The number of aryl methyl sites for hydroxylation is 1. The maximum absolute atomic E-state index is 13.0. The third kappa shape index (κ3) is 2.25. The zero-order valence-corrected chi connectivity index (χ0v) is 8.42. The monoisotopic (exact) mass is 194 g/mol. The fourth-order valence-electron chi connectivity index (χ4n) is 1.48. The van der Waals surface area contributed by atoms with E-state index >= 15 is 0 Å². The molecule has 0 spiro atoms. The Kier molecular flexibility index (Phi) is 2.71. The van der Waals surface area contributed by atoms with Crippen LogP contribution in [0.4, 0.5) is 4.39 Å². The predicted molar refractivity (Wildman–Crippen MR) is 54.0 cm³/mol. The first kappa shape index (κ1) is 9.50. The third-order valence-electron chi connectivity index (χ3n) is 2.37. The molecule has 0 saturated heterocycles. The Bertz CT molecular complexity index is 318. The molecular formula is C12H15FO. The fraction of sp³-hybridized carbons (Fsp3) is 0.500. The molecule has 14 heavy (non-hydrogen) atoms. The van der Waals surface area contributed by atoms with Crippen molar-refractivity contribution in [2.75, 3.05) is 0 Å². The van der Waals surface area contributed by atoms with Crippen LogP contribution >= 0.6 is 0 Å². The molecule has 1 aromatic rings. The van der Waals surface area contributed by atoms with E-state index in [1.165, 1.54) is 12.1 Å². The molecule has 0 amide bonds. The van der Waals surface area contributed by atoms with Gasteiger partial charge in [-0.1, -0.05) is 19.4 Å². The van der Waals surface area contributed by atoms with Crippen molar-refractivity contribution in [1.82, 2.24) is 0 Å². The summed E-state index contributed by atoms with van der Waals surface area (Å²) in [5.41, 5.74) is 1.13. The first-order valence-electron chi connectivity index (χ1n) is 5.24. The lowest BCUT2D eigenvalue weighted by molar-refractivity contribution is 0.298. The van der Waals surface area contributed by atoms with Crippen molar-refractivity contribution in [2.24, 2.45) is 0 Å². The lowest BCUT2D eigenvalue weighted by Crippen LogP contribution is -2.00. The Morgan fingerprint density at radius 2 is 2.21 bits per heavy atom. The second-order valence-corrected chi connectivity index (χ2v) is 3.82. The number of benzene rings is 1. The van der Waals surface area contributed by atoms with Gasteiger partial charge in [-0.05, 0) is 30.9 Å². The number of hydrogen-bond donors (Lipinski definition) is 0. The van der Waals surface area contributed by atoms with Crippen molar-refractivity contribution >= 4 is 0 Å². The van der Waals surface area contributed by atoms with E-state index in [-0.39, 0.29) is 5.82 Å². The Morgan fingerprint density at radius 1 is 1.43 bits per heavy atom. The maximum atomic E-state index is 13.0. The van der Waals surface area contributed by atoms with E-state index in [4.69, 9.17) is 4.74 Å². The molecule has 0 heterocycles. The van der Waals surface area contributed by atoms with Crippen LogP contribution in [-0.2, 0) is 6.42 Å². The summed E-state index contributed by atoms with van der Waals surface area (Å²) in [6.07, 6.45) is 4.59. The van der Waals surface area contributed by atoms with Gasteiger partial charge in [0.25, 0.3) is 0 Å². The van der Waals surface area contributed by atoms with E-state index in [1.807, 2.05) is 6.07 Å². The van der Waals surface area contributed by atoms with Crippen LogP contribution in [0.1, 0.15) is 31.7 Å². The van der Waals surface area contributed by atoms with Crippen molar-refractivity contribution in [3.8, 4) is 5.75 Å². The summed E-state index contributed by atoms with van der Waals surface area (Å²) in [4.78, 5) is 0. The largest absolute Gasteiger partial charge is 0.490 e. The Labute approximate surface area is 83.9 Å². The molecule has 0 atom stereocenters.